The smallest absolute Gasteiger partial charge is 0.306 e. The molecular formula is C12H12FIN2O5. The van der Waals surface area contributed by atoms with Crippen LogP contribution < -0.4 is 4.90 Å². The zero-order valence-corrected chi connectivity index (χ0v) is 12.9. The Morgan fingerprint density at radius 3 is 2.95 bits per heavy atom. The van der Waals surface area contributed by atoms with Crippen LogP contribution in [0.5, 0.6) is 0 Å². The molecule has 7 nitrogen and oxygen atoms in total. The number of nitro benzene ring substituents is 1. The number of nitrogens with zero attached hydrogens (tertiary/aromatic N) is 2. The maximum absolute atomic E-state index is 13.7. The summed E-state index contributed by atoms with van der Waals surface area (Å²) in [6.45, 7) is 0.757. The fourth-order valence-corrected chi connectivity index (χ4v) is 2.63. The maximum atomic E-state index is 13.7. The van der Waals surface area contributed by atoms with Gasteiger partial charge in [0.2, 0.25) is 0 Å². The number of benzene rings is 1. The minimum absolute atomic E-state index is 0.150. The molecule has 1 N–H and O–H groups in total. The Morgan fingerprint density at radius 2 is 2.33 bits per heavy atom. The predicted molar refractivity (Wildman–Crippen MR) is 80.0 cm³/mol. The summed E-state index contributed by atoms with van der Waals surface area (Å²) >= 11 is 1.69. The molecular weight excluding hydrogens is 398 g/mol. The normalized spacial score (nSPS) is 18.6. The van der Waals surface area contributed by atoms with Crippen molar-refractivity contribution in [3.8, 4) is 0 Å². The quantitative estimate of drug-likeness (QED) is 0.464. The number of anilines is 1. The summed E-state index contributed by atoms with van der Waals surface area (Å²) in [5, 5.41) is 19.9. The topological polar surface area (TPSA) is 92.9 Å². The zero-order valence-electron chi connectivity index (χ0n) is 10.8. The van der Waals surface area contributed by atoms with Crippen molar-refractivity contribution < 1.29 is 24.0 Å². The van der Waals surface area contributed by atoms with E-state index in [0.29, 0.717) is 6.54 Å². The van der Waals surface area contributed by atoms with Crippen LogP contribution in [0.1, 0.15) is 6.42 Å². The van der Waals surface area contributed by atoms with Crippen LogP contribution in [0.4, 0.5) is 15.8 Å². The van der Waals surface area contributed by atoms with Crippen LogP contribution in [0.25, 0.3) is 0 Å². The first-order valence-electron chi connectivity index (χ1n) is 6.10. The summed E-state index contributed by atoms with van der Waals surface area (Å²) < 4.78 is 19.2. The van der Waals surface area contributed by atoms with Gasteiger partial charge in [0, 0.05) is 25.2 Å². The minimum Gasteiger partial charge on any atom is -0.481 e. The first-order valence-corrected chi connectivity index (χ1v) is 7.18. The van der Waals surface area contributed by atoms with E-state index in [9.17, 15) is 19.3 Å². The van der Waals surface area contributed by atoms with Gasteiger partial charge < -0.3 is 14.7 Å². The van der Waals surface area contributed by atoms with Crippen LogP contribution in [0.2, 0.25) is 0 Å². The first kappa shape index (κ1) is 15.9. The number of hydrogen-bond acceptors (Lipinski definition) is 5. The largest absolute Gasteiger partial charge is 0.481 e. The van der Waals surface area contributed by atoms with Gasteiger partial charge in [0.25, 0.3) is 5.69 Å². The lowest BCUT2D eigenvalue weighted by atomic mass is 10.1. The van der Waals surface area contributed by atoms with Crippen LogP contribution in [0, 0.1) is 19.5 Å². The number of rotatable bonds is 4. The van der Waals surface area contributed by atoms with Gasteiger partial charge in [-0.1, -0.05) is 0 Å². The van der Waals surface area contributed by atoms with E-state index in [4.69, 9.17) is 9.84 Å². The predicted octanol–water partition coefficient (Wildman–Crippen LogP) is 2.02. The van der Waals surface area contributed by atoms with Crippen LogP contribution in [-0.2, 0) is 9.53 Å². The Hall–Kier alpha value is -1.49. The molecule has 1 aromatic carbocycles. The van der Waals surface area contributed by atoms with Crippen LogP contribution in [0.3, 0.4) is 0 Å². The molecule has 1 aliphatic rings. The lowest BCUT2D eigenvalue weighted by molar-refractivity contribution is -0.384. The standard InChI is InChI=1S/C12H12FIN2O5/c13-8-4-10(11(16(19)20)5-9(8)14)15-1-2-21-7(6-15)3-12(17)18/h4-5,7H,1-3,6H2,(H,17,18). The third-order valence-electron chi connectivity index (χ3n) is 3.10. The van der Waals surface area contributed by atoms with E-state index in [0.717, 1.165) is 6.07 Å². The average Bonchev–Trinajstić information content (AvgIpc) is 2.40. The molecule has 0 spiro atoms. The molecule has 1 atom stereocenters. The van der Waals surface area contributed by atoms with E-state index in [1.165, 1.54) is 6.07 Å². The second kappa shape index (κ2) is 6.52. The van der Waals surface area contributed by atoms with Crippen LogP contribution >= 0.6 is 22.6 Å². The van der Waals surface area contributed by atoms with Crippen molar-refractivity contribution in [2.75, 3.05) is 24.6 Å². The number of morpholine rings is 1. The Bertz CT molecular complexity index is 583. The summed E-state index contributed by atoms with van der Waals surface area (Å²) in [5.41, 5.74) is -0.0478. The molecule has 21 heavy (non-hydrogen) atoms. The van der Waals surface area contributed by atoms with Gasteiger partial charge in [-0.25, -0.2) is 4.39 Å². The monoisotopic (exact) mass is 410 g/mol. The average molecular weight is 410 g/mol. The molecule has 9 heteroatoms. The Kier molecular flexibility index (Phi) is 4.93. The van der Waals surface area contributed by atoms with Crippen LogP contribution in [-0.4, -0.2) is 41.8 Å². The third kappa shape index (κ3) is 3.79. The Labute approximate surface area is 133 Å². The van der Waals surface area contributed by atoms with Crippen molar-refractivity contribution >= 4 is 39.9 Å². The molecule has 0 saturated carbocycles. The van der Waals surface area contributed by atoms with Gasteiger partial charge in [-0.15, -0.1) is 0 Å². The number of hydrogen-bond donors (Lipinski definition) is 1. The molecule has 0 bridgehead atoms. The van der Waals surface area contributed by atoms with E-state index < -0.39 is 22.8 Å². The van der Waals surface area contributed by atoms with Crippen molar-refractivity contribution in [2.24, 2.45) is 0 Å². The highest BCUT2D eigenvalue weighted by Crippen LogP contribution is 2.33. The Morgan fingerprint density at radius 1 is 1.62 bits per heavy atom. The summed E-state index contributed by atoms with van der Waals surface area (Å²) in [7, 11) is 0. The van der Waals surface area contributed by atoms with E-state index in [-0.39, 0.29) is 34.5 Å². The van der Waals surface area contributed by atoms with Gasteiger partial charge in [-0.2, -0.15) is 0 Å². The van der Waals surface area contributed by atoms with Gasteiger partial charge in [-0.3, -0.25) is 14.9 Å². The summed E-state index contributed by atoms with van der Waals surface area (Å²) in [6.07, 6.45) is -0.768. The lowest BCUT2D eigenvalue weighted by Gasteiger charge is -2.33. The molecule has 1 unspecified atom stereocenters. The van der Waals surface area contributed by atoms with Gasteiger partial charge in [-0.05, 0) is 22.6 Å². The van der Waals surface area contributed by atoms with E-state index in [1.54, 1.807) is 27.5 Å². The molecule has 0 aromatic heterocycles. The highest BCUT2D eigenvalue weighted by Gasteiger charge is 2.28. The molecule has 0 radical (unpaired) electrons. The highest BCUT2D eigenvalue weighted by molar-refractivity contribution is 14.1. The zero-order chi connectivity index (χ0) is 15.6. The van der Waals surface area contributed by atoms with E-state index in [2.05, 4.69) is 0 Å². The molecule has 1 fully saturated rings. The second-order valence-electron chi connectivity index (χ2n) is 4.55. The molecule has 1 heterocycles. The van der Waals surface area contributed by atoms with Gasteiger partial charge in [0.1, 0.15) is 11.5 Å². The van der Waals surface area contributed by atoms with Crippen molar-refractivity contribution in [3.63, 3.8) is 0 Å². The summed E-state index contributed by atoms with van der Waals surface area (Å²) in [6, 6.07) is 2.29. The molecule has 114 valence electrons. The summed E-state index contributed by atoms with van der Waals surface area (Å²) in [4.78, 5) is 22.9. The first-order chi connectivity index (χ1) is 9.88. The van der Waals surface area contributed by atoms with Crippen molar-refractivity contribution in [3.05, 3.63) is 31.6 Å². The number of aliphatic carboxylic acids is 1. The number of ether oxygens (including phenoxy) is 1. The highest BCUT2D eigenvalue weighted by atomic mass is 127. The molecule has 1 aromatic rings. The molecule has 0 amide bonds. The van der Waals surface area contributed by atoms with Crippen molar-refractivity contribution in [2.45, 2.75) is 12.5 Å². The second-order valence-corrected chi connectivity index (χ2v) is 5.71. The van der Waals surface area contributed by atoms with Crippen molar-refractivity contribution in [1.82, 2.24) is 0 Å². The number of carboxylic acids is 1. The SMILES string of the molecule is O=C(O)CC1CN(c2cc(F)c(I)cc2[N+](=O)[O-])CCO1. The fourth-order valence-electron chi connectivity index (χ4n) is 2.18. The third-order valence-corrected chi connectivity index (χ3v) is 3.92. The molecule has 0 aliphatic carbocycles. The fraction of sp³-hybridized carbons (Fsp3) is 0.417. The van der Waals surface area contributed by atoms with E-state index in [1.807, 2.05) is 0 Å². The van der Waals surface area contributed by atoms with Crippen LogP contribution in [0.15, 0.2) is 12.1 Å². The number of halogens is 2. The van der Waals surface area contributed by atoms with Crippen molar-refractivity contribution in [1.29, 1.82) is 0 Å². The Balaban J connectivity index is 2.30. The lowest BCUT2D eigenvalue weighted by Crippen LogP contribution is -2.43. The maximum Gasteiger partial charge on any atom is 0.306 e. The molecule has 1 saturated heterocycles. The number of carbonyl (C=O) groups is 1. The minimum atomic E-state index is -1.01. The van der Waals surface area contributed by atoms with Gasteiger partial charge in [0.05, 0.1) is 27.6 Å². The van der Waals surface area contributed by atoms with E-state index >= 15 is 0 Å². The summed E-state index contributed by atoms with van der Waals surface area (Å²) in [5.74, 6) is -1.55. The number of carboxylic acid groups (broad SMARTS) is 1. The van der Waals surface area contributed by atoms with Gasteiger partial charge >= 0.3 is 5.97 Å². The number of nitro groups is 1. The van der Waals surface area contributed by atoms with Gasteiger partial charge in [0.15, 0.2) is 0 Å². The molecule has 2 rings (SSSR count). The molecule has 1 aliphatic heterocycles.